The van der Waals surface area contributed by atoms with Crippen molar-refractivity contribution < 1.29 is 73.5 Å². The molecule has 0 aromatic heterocycles. The molecule has 1 aliphatic heterocycles. The van der Waals surface area contributed by atoms with Crippen LogP contribution < -0.4 is 65.9 Å². The lowest BCUT2D eigenvalue weighted by atomic mass is 10.1. The Morgan fingerprint density at radius 2 is 1.16 bits per heavy atom. The van der Waals surface area contributed by atoms with Crippen molar-refractivity contribution in [1.82, 2.24) is 42.1 Å². The number of carbonyl (C=O) groups is 10. The van der Waals surface area contributed by atoms with Crippen LogP contribution in [-0.2, 0) is 47.9 Å². The maximum Gasteiger partial charge on any atom is 0.326 e. The molecule has 1 aliphatic rings. The highest BCUT2D eigenvalue weighted by atomic mass is 32.2. The lowest BCUT2D eigenvalue weighted by Gasteiger charge is -2.31. The van der Waals surface area contributed by atoms with Gasteiger partial charge in [-0.25, -0.2) is 4.79 Å². The number of carboxylic acids is 2. The third-order valence-corrected chi connectivity index (χ3v) is 11.0. The lowest BCUT2D eigenvalue weighted by Crippen LogP contribution is -2.62. The van der Waals surface area contributed by atoms with Crippen molar-refractivity contribution in [1.29, 1.82) is 0 Å². The average molecular weight is 1020 g/mol. The number of aliphatic hydroxyl groups is 3. The molecule has 30 nitrogen and oxygen atoms in total. The number of aliphatic imine (C=N–C) groups is 2. The van der Waals surface area contributed by atoms with E-state index >= 15 is 0 Å². The van der Waals surface area contributed by atoms with E-state index in [0.29, 0.717) is 12.2 Å². The molecule has 396 valence electrons. The van der Waals surface area contributed by atoms with Gasteiger partial charge in [-0.05, 0) is 70.8 Å². The smallest absolute Gasteiger partial charge is 0.326 e. The molecule has 0 aliphatic carbocycles. The van der Waals surface area contributed by atoms with Gasteiger partial charge in [0.1, 0.15) is 54.4 Å². The molecule has 0 radical (unpaired) electrons. The zero-order valence-electron chi connectivity index (χ0n) is 39.1. The molecule has 0 aromatic rings. The third kappa shape index (κ3) is 21.8. The predicted molar refractivity (Wildman–Crippen MR) is 250 cm³/mol. The number of aliphatic hydroxyl groups excluding tert-OH is 3. The van der Waals surface area contributed by atoms with Crippen LogP contribution in [-0.4, -0.2) is 207 Å². The highest BCUT2D eigenvalue weighted by Gasteiger charge is 2.41. The van der Waals surface area contributed by atoms with Crippen molar-refractivity contribution in [3.63, 3.8) is 0 Å². The Kier molecular flexibility index (Phi) is 27.7. The van der Waals surface area contributed by atoms with Gasteiger partial charge in [0.2, 0.25) is 47.3 Å². The van der Waals surface area contributed by atoms with Gasteiger partial charge in [-0.3, -0.25) is 53.1 Å². The van der Waals surface area contributed by atoms with E-state index in [1.165, 1.54) is 18.7 Å². The van der Waals surface area contributed by atoms with E-state index in [0.717, 1.165) is 11.8 Å². The van der Waals surface area contributed by atoms with Gasteiger partial charge in [0, 0.05) is 19.6 Å². The molecule has 1 saturated heterocycles. The number of carbonyl (C=O) groups excluding carboxylic acids is 8. The second kappa shape index (κ2) is 31.5. The Labute approximate surface area is 406 Å². The minimum atomic E-state index is -1.86. The number of nitrogens with two attached hydrogens (primary N) is 5. The Hall–Kier alpha value is -6.57. The van der Waals surface area contributed by atoms with Gasteiger partial charge < -0.3 is 96.3 Å². The van der Waals surface area contributed by atoms with Gasteiger partial charge in [0.25, 0.3) is 0 Å². The van der Waals surface area contributed by atoms with E-state index in [-0.39, 0.29) is 70.1 Å². The summed E-state index contributed by atoms with van der Waals surface area (Å²) in [6.07, 6.45) is -0.471. The Bertz CT molecular complexity index is 1890. The van der Waals surface area contributed by atoms with Crippen LogP contribution in [0.25, 0.3) is 0 Å². The molecule has 0 bridgehead atoms. The van der Waals surface area contributed by atoms with Crippen LogP contribution in [0.2, 0.25) is 0 Å². The molecule has 0 spiro atoms. The number of likely N-dealkylation sites (tertiary alicyclic amines) is 1. The van der Waals surface area contributed by atoms with Crippen molar-refractivity contribution in [2.24, 2.45) is 38.7 Å². The van der Waals surface area contributed by atoms with Crippen LogP contribution in [0.1, 0.15) is 65.2 Å². The highest BCUT2D eigenvalue weighted by Crippen LogP contribution is 2.20. The van der Waals surface area contributed by atoms with Crippen LogP contribution in [0.3, 0.4) is 0 Å². The largest absolute Gasteiger partial charge is 0.481 e. The molecule has 1 fully saturated rings. The molecule has 22 N–H and O–H groups in total. The maximum absolute atomic E-state index is 13.9. The number of hydrogen-bond acceptors (Lipinski definition) is 17. The van der Waals surface area contributed by atoms with Gasteiger partial charge in [0.15, 0.2) is 11.9 Å². The first-order valence-electron chi connectivity index (χ1n) is 22.0. The average Bonchev–Trinajstić information content (AvgIpc) is 3.79. The fraction of sp³-hybridized carbons (Fsp3) is 0.692. The molecule has 0 saturated carbocycles. The number of hydrogen-bond donors (Lipinski definition) is 17. The molecule has 1 heterocycles. The van der Waals surface area contributed by atoms with Gasteiger partial charge in [-0.2, -0.15) is 11.8 Å². The first-order chi connectivity index (χ1) is 32.9. The number of carboxylic acid groups (broad SMARTS) is 2. The molecule has 8 amide bonds. The van der Waals surface area contributed by atoms with Crippen molar-refractivity contribution in [2.75, 3.05) is 44.9 Å². The van der Waals surface area contributed by atoms with Crippen LogP contribution >= 0.6 is 11.8 Å². The topological polar surface area (TPSA) is 514 Å². The molecule has 1 rings (SSSR count). The number of rotatable bonds is 32. The van der Waals surface area contributed by atoms with Gasteiger partial charge in [-0.15, -0.1) is 0 Å². The number of guanidine groups is 2. The fourth-order valence-electron chi connectivity index (χ4n) is 6.59. The first-order valence-corrected chi connectivity index (χ1v) is 23.4. The summed E-state index contributed by atoms with van der Waals surface area (Å²) in [7, 11) is 0. The summed E-state index contributed by atoms with van der Waals surface area (Å²) in [5, 5.41) is 65.3. The SMILES string of the molecule is CSCC[C@H](NC(=O)[C@@H]1CCCN1C(=O)[C@@H](NC(=O)[C@H](CCCN=C(N)N)NC(=O)[C@H](CO)NC(=O)[C@H](C)NC(=O)[C@H](CC(=O)O)NC(=O)[C@H](CCCN=C(N)N)NC(=O)[C@@H](N)CO)[C@@H](C)O)C(=O)O. The molecule has 70 heavy (non-hydrogen) atoms. The molecule has 31 heteroatoms. The van der Waals surface area contributed by atoms with Crippen molar-refractivity contribution in [2.45, 2.75) is 126 Å². The summed E-state index contributed by atoms with van der Waals surface area (Å²) >= 11 is 1.37. The van der Waals surface area contributed by atoms with E-state index in [4.69, 9.17) is 28.7 Å². The van der Waals surface area contributed by atoms with Gasteiger partial charge >= 0.3 is 11.9 Å². The molecule has 0 aromatic carbocycles. The van der Waals surface area contributed by atoms with E-state index in [9.17, 15) is 73.5 Å². The molecule has 10 atom stereocenters. The summed E-state index contributed by atoms with van der Waals surface area (Å²) in [6.45, 7) is 0.403. The van der Waals surface area contributed by atoms with E-state index in [2.05, 4.69) is 47.2 Å². The number of amides is 8. The summed E-state index contributed by atoms with van der Waals surface area (Å²) in [5.74, 6) is -11.2. The standard InChI is InChI=1S/C39H69N15O15S/c1-18(47-33(64)24(15-27(58)59)51-31(62)21(7-4-11-45-38(41)42)48-30(61)20(40)16-55)29(60)52-25(17-56)34(65)49-22(8-5-12-46-39(43)44)32(63)53-28(19(2)57)36(67)54-13-6-9-26(54)35(66)50-23(37(68)69)10-14-70-3/h18-26,28,55-57H,4-17,40H2,1-3H3,(H,47,64)(H,48,61)(H,49,65)(H,50,66)(H,51,62)(H,52,60)(H,53,63)(H,58,59)(H,68,69)(H4,41,42,45)(H4,43,44,46)/t18-,19+,20-,21-,22-,23-,24-,25-,26-,28-/m0/s1. The number of aliphatic carboxylic acids is 2. The third-order valence-electron chi connectivity index (χ3n) is 10.4. The first kappa shape index (κ1) is 61.4. The quantitative estimate of drug-likeness (QED) is 0.0169. The van der Waals surface area contributed by atoms with Gasteiger partial charge in [-0.1, -0.05) is 0 Å². The number of nitrogens with zero attached hydrogens (tertiary/aromatic N) is 3. The predicted octanol–water partition coefficient (Wildman–Crippen LogP) is -8.50. The Balaban J connectivity index is 3.25. The van der Waals surface area contributed by atoms with Crippen molar-refractivity contribution in [3.8, 4) is 0 Å². The van der Waals surface area contributed by atoms with E-state index < -0.39 is 139 Å². The monoisotopic (exact) mass is 1020 g/mol. The highest BCUT2D eigenvalue weighted by molar-refractivity contribution is 7.98. The van der Waals surface area contributed by atoms with Gasteiger partial charge in [0.05, 0.1) is 25.7 Å². The zero-order valence-corrected chi connectivity index (χ0v) is 39.9. The minimum Gasteiger partial charge on any atom is -0.481 e. The number of nitrogens with one attached hydrogen (secondary N) is 7. The Morgan fingerprint density at radius 1 is 0.657 bits per heavy atom. The fourth-order valence-corrected chi connectivity index (χ4v) is 7.06. The lowest BCUT2D eigenvalue weighted by molar-refractivity contribution is -0.146. The summed E-state index contributed by atoms with van der Waals surface area (Å²) in [4.78, 5) is 139. The van der Waals surface area contributed by atoms with E-state index in [1.807, 2.05) is 0 Å². The van der Waals surface area contributed by atoms with Crippen LogP contribution in [0, 0.1) is 0 Å². The Morgan fingerprint density at radius 3 is 1.64 bits per heavy atom. The maximum atomic E-state index is 13.9. The molecular weight excluding hydrogens is 951 g/mol. The molecule has 0 unspecified atom stereocenters. The van der Waals surface area contributed by atoms with E-state index in [1.54, 1.807) is 6.26 Å². The summed E-state index contributed by atoms with van der Waals surface area (Å²) in [5.41, 5.74) is 27.0. The van der Waals surface area contributed by atoms with Crippen LogP contribution in [0.4, 0.5) is 0 Å². The summed E-state index contributed by atoms with van der Waals surface area (Å²) in [6, 6.07) is -13.8. The molecular formula is C39H69N15O15S. The van der Waals surface area contributed by atoms with Crippen LogP contribution in [0.5, 0.6) is 0 Å². The zero-order chi connectivity index (χ0) is 53.2. The summed E-state index contributed by atoms with van der Waals surface area (Å²) < 4.78 is 0. The van der Waals surface area contributed by atoms with Crippen molar-refractivity contribution in [3.05, 3.63) is 0 Å². The second-order valence-corrected chi connectivity index (χ2v) is 17.0. The minimum absolute atomic E-state index is 0.00494. The number of thioether (sulfide) groups is 1. The van der Waals surface area contributed by atoms with Crippen molar-refractivity contribution >= 4 is 82.9 Å². The van der Waals surface area contributed by atoms with Crippen LogP contribution in [0.15, 0.2) is 9.98 Å². The normalized spacial score (nSPS) is 17.0. The second-order valence-electron chi connectivity index (χ2n) is 16.0.